The van der Waals surface area contributed by atoms with Gasteiger partial charge in [-0.15, -0.1) is 0 Å². The Morgan fingerprint density at radius 2 is 2.13 bits per heavy atom. The fourth-order valence-electron chi connectivity index (χ4n) is 3.66. The summed E-state index contributed by atoms with van der Waals surface area (Å²) < 4.78 is 0. The maximum Gasteiger partial charge on any atom is -0.0146 e. The minimum absolute atomic E-state index is 0.571. The lowest BCUT2D eigenvalue weighted by Gasteiger charge is -2.49. The van der Waals surface area contributed by atoms with Gasteiger partial charge in [-0.1, -0.05) is 31.2 Å². The van der Waals surface area contributed by atoms with Crippen molar-refractivity contribution in [2.24, 2.45) is 17.3 Å². The van der Waals surface area contributed by atoms with Gasteiger partial charge < -0.3 is 0 Å². The van der Waals surface area contributed by atoms with Gasteiger partial charge in [0.15, 0.2) is 0 Å². The first-order valence-corrected chi connectivity index (χ1v) is 6.36. The Balaban J connectivity index is 2.16. The van der Waals surface area contributed by atoms with Gasteiger partial charge in [-0.2, -0.15) is 0 Å². The van der Waals surface area contributed by atoms with Crippen molar-refractivity contribution in [3.8, 4) is 0 Å². The minimum Gasteiger partial charge on any atom is -0.0999 e. The molecule has 0 aromatic carbocycles. The quantitative estimate of drug-likeness (QED) is 0.542. The average molecular weight is 204 g/mol. The summed E-state index contributed by atoms with van der Waals surface area (Å²) in [6, 6.07) is 0. The second kappa shape index (κ2) is 3.81. The van der Waals surface area contributed by atoms with Crippen LogP contribution in [0.1, 0.15) is 52.4 Å². The standard InChI is InChI=1S/C15H24/c1-11(2)13-7-9-15(4)8-5-6-12(3)14(15)10-13/h13-14H,1,3,5-10H2,2,4H3/t13-,14?,15+/m0/s1. The van der Waals surface area contributed by atoms with Crippen LogP contribution in [0.3, 0.4) is 0 Å². The molecular weight excluding hydrogens is 180 g/mol. The maximum atomic E-state index is 4.31. The van der Waals surface area contributed by atoms with E-state index in [4.69, 9.17) is 0 Å². The van der Waals surface area contributed by atoms with E-state index in [1.54, 1.807) is 0 Å². The van der Waals surface area contributed by atoms with Crippen molar-refractivity contribution in [3.05, 3.63) is 24.3 Å². The Kier molecular flexibility index (Phi) is 2.79. The Morgan fingerprint density at radius 3 is 2.80 bits per heavy atom. The van der Waals surface area contributed by atoms with Crippen molar-refractivity contribution < 1.29 is 0 Å². The number of hydrogen-bond acceptors (Lipinski definition) is 0. The molecule has 2 aliphatic rings. The molecule has 0 radical (unpaired) electrons. The highest BCUT2D eigenvalue weighted by atomic mass is 14.5. The van der Waals surface area contributed by atoms with E-state index in [1.165, 1.54) is 49.7 Å². The fourth-order valence-corrected chi connectivity index (χ4v) is 3.66. The highest BCUT2D eigenvalue weighted by Crippen LogP contribution is 2.54. The molecule has 0 heteroatoms. The van der Waals surface area contributed by atoms with E-state index in [-0.39, 0.29) is 0 Å². The molecule has 1 unspecified atom stereocenters. The molecule has 0 bridgehead atoms. The van der Waals surface area contributed by atoms with Crippen molar-refractivity contribution in [2.75, 3.05) is 0 Å². The molecule has 0 nitrogen and oxygen atoms in total. The molecule has 2 rings (SSSR count). The fraction of sp³-hybridized carbons (Fsp3) is 0.733. The van der Waals surface area contributed by atoms with Crippen molar-refractivity contribution >= 4 is 0 Å². The first-order chi connectivity index (χ1) is 7.03. The molecule has 84 valence electrons. The normalized spacial score (nSPS) is 41.1. The van der Waals surface area contributed by atoms with E-state index >= 15 is 0 Å². The highest BCUT2D eigenvalue weighted by molar-refractivity contribution is 5.15. The Hall–Kier alpha value is -0.520. The third-order valence-electron chi connectivity index (χ3n) is 4.86. The molecule has 0 aromatic rings. The zero-order valence-corrected chi connectivity index (χ0v) is 10.3. The Morgan fingerprint density at radius 1 is 1.40 bits per heavy atom. The molecule has 15 heavy (non-hydrogen) atoms. The molecule has 0 spiro atoms. The number of allylic oxidation sites excluding steroid dienone is 2. The average Bonchev–Trinajstić information content (AvgIpc) is 2.17. The van der Waals surface area contributed by atoms with Crippen LogP contribution in [-0.4, -0.2) is 0 Å². The van der Waals surface area contributed by atoms with Crippen LogP contribution in [0.15, 0.2) is 24.3 Å². The first kappa shape index (κ1) is 11.0. The van der Waals surface area contributed by atoms with Crippen LogP contribution in [0.4, 0.5) is 0 Å². The molecule has 0 aliphatic heterocycles. The van der Waals surface area contributed by atoms with Crippen LogP contribution in [0.5, 0.6) is 0 Å². The summed E-state index contributed by atoms with van der Waals surface area (Å²) in [6.45, 7) is 13.1. The zero-order chi connectivity index (χ0) is 11.1. The van der Waals surface area contributed by atoms with Crippen LogP contribution in [0.2, 0.25) is 0 Å². The van der Waals surface area contributed by atoms with Gasteiger partial charge in [-0.05, 0) is 62.7 Å². The molecule has 3 atom stereocenters. The van der Waals surface area contributed by atoms with Gasteiger partial charge in [0, 0.05) is 0 Å². The third kappa shape index (κ3) is 1.91. The summed E-state index contributed by atoms with van der Waals surface area (Å²) >= 11 is 0. The molecule has 0 N–H and O–H groups in total. The lowest BCUT2D eigenvalue weighted by atomic mass is 9.56. The van der Waals surface area contributed by atoms with Crippen LogP contribution >= 0.6 is 0 Å². The monoisotopic (exact) mass is 204 g/mol. The van der Waals surface area contributed by atoms with Gasteiger partial charge >= 0.3 is 0 Å². The van der Waals surface area contributed by atoms with E-state index in [1.807, 2.05) is 0 Å². The van der Waals surface area contributed by atoms with Gasteiger partial charge in [0.25, 0.3) is 0 Å². The van der Waals surface area contributed by atoms with E-state index in [0.29, 0.717) is 5.41 Å². The Bertz CT molecular complexity index is 286. The summed E-state index contributed by atoms with van der Waals surface area (Å²) in [5.41, 5.74) is 3.48. The van der Waals surface area contributed by atoms with Crippen LogP contribution in [-0.2, 0) is 0 Å². The lowest BCUT2D eigenvalue weighted by Crippen LogP contribution is -2.38. The zero-order valence-electron chi connectivity index (χ0n) is 10.3. The molecule has 0 saturated heterocycles. The second-order valence-corrected chi connectivity index (χ2v) is 6.04. The largest absolute Gasteiger partial charge is 0.0999 e. The smallest absolute Gasteiger partial charge is 0.0146 e. The van der Waals surface area contributed by atoms with E-state index in [0.717, 1.165) is 11.8 Å². The molecular formula is C15H24. The number of fused-ring (bicyclic) bond motifs is 1. The molecule has 0 heterocycles. The van der Waals surface area contributed by atoms with Gasteiger partial charge in [-0.25, -0.2) is 0 Å². The van der Waals surface area contributed by atoms with Gasteiger partial charge in [-0.3, -0.25) is 0 Å². The third-order valence-corrected chi connectivity index (χ3v) is 4.86. The Labute approximate surface area is 94.5 Å². The second-order valence-electron chi connectivity index (χ2n) is 6.04. The molecule has 2 fully saturated rings. The minimum atomic E-state index is 0.571. The molecule has 0 amide bonds. The predicted octanol–water partition coefficient (Wildman–Crippen LogP) is 4.73. The molecule has 2 saturated carbocycles. The van der Waals surface area contributed by atoms with Crippen LogP contribution < -0.4 is 0 Å². The number of hydrogen-bond donors (Lipinski definition) is 0. The lowest BCUT2D eigenvalue weighted by molar-refractivity contribution is 0.0832. The summed E-state index contributed by atoms with van der Waals surface area (Å²) in [7, 11) is 0. The number of rotatable bonds is 1. The van der Waals surface area contributed by atoms with Gasteiger partial charge in [0.05, 0.1) is 0 Å². The predicted molar refractivity (Wildman–Crippen MR) is 66.7 cm³/mol. The van der Waals surface area contributed by atoms with E-state index in [2.05, 4.69) is 27.0 Å². The van der Waals surface area contributed by atoms with Crippen LogP contribution in [0.25, 0.3) is 0 Å². The van der Waals surface area contributed by atoms with Gasteiger partial charge in [0.2, 0.25) is 0 Å². The van der Waals surface area contributed by atoms with Crippen molar-refractivity contribution in [1.82, 2.24) is 0 Å². The topological polar surface area (TPSA) is 0 Å². The highest BCUT2D eigenvalue weighted by Gasteiger charge is 2.42. The summed E-state index contributed by atoms with van der Waals surface area (Å²) in [5.74, 6) is 1.54. The van der Waals surface area contributed by atoms with Gasteiger partial charge in [0.1, 0.15) is 0 Å². The summed E-state index contributed by atoms with van der Waals surface area (Å²) in [6.07, 6.45) is 8.11. The maximum absolute atomic E-state index is 4.31. The van der Waals surface area contributed by atoms with Crippen molar-refractivity contribution in [3.63, 3.8) is 0 Å². The van der Waals surface area contributed by atoms with Crippen molar-refractivity contribution in [2.45, 2.75) is 52.4 Å². The van der Waals surface area contributed by atoms with Crippen LogP contribution in [0, 0.1) is 17.3 Å². The van der Waals surface area contributed by atoms with E-state index in [9.17, 15) is 0 Å². The summed E-state index contributed by atoms with van der Waals surface area (Å²) in [4.78, 5) is 0. The van der Waals surface area contributed by atoms with Crippen molar-refractivity contribution in [1.29, 1.82) is 0 Å². The first-order valence-electron chi connectivity index (χ1n) is 6.36. The van der Waals surface area contributed by atoms with E-state index < -0.39 is 0 Å². The molecule has 0 aromatic heterocycles. The summed E-state index contributed by atoms with van der Waals surface area (Å²) in [5, 5.41) is 0. The molecule has 2 aliphatic carbocycles. The SMILES string of the molecule is C=C1CCC[C@]2(C)CC[C@H](C(=C)C)CC12.